The molecule has 0 spiro atoms. The van der Waals surface area contributed by atoms with E-state index in [-0.39, 0.29) is 12.5 Å². The van der Waals surface area contributed by atoms with Crippen molar-refractivity contribution < 1.29 is 19.4 Å². The zero-order chi connectivity index (χ0) is 15.5. The van der Waals surface area contributed by atoms with Crippen LogP contribution in [0.3, 0.4) is 0 Å². The van der Waals surface area contributed by atoms with Gasteiger partial charge in [0.1, 0.15) is 0 Å². The summed E-state index contributed by atoms with van der Waals surface area (Å²) < 4.78 is 5.15. The molecule has 1 saturated heterocycles. The molecule has 0 radical (unpaired) electrons. The molecule has 1 fully saturated rings. The van der Waals surface area contributed by atoms with Crippen molar-refractivity contribution in [3.05, 3.63) is 36.0 Å². The zero-order valence-electron chi connectivity index (χ0n) is 12.1. The third-order valence-corrected chi connectivity index (χ3v) is 3.98. The highest BCUT2D eigenvalue weighted by atomic mass is 16.5. The number of carbonyl (C=O) groups excluding carboxylic acids is 1. The van der Waals surface area contributed by atoms with E-state index in [4.69, 9.17) is 9.84 Å². The maximum absolute atomic E-state index is 12.3. The third kappa shape index (κ3) is 2.96. The second kappa shape index (κ2) is 6.19. The van der Waals surface area contributed by atoms with Crippen LogP contribution < -0.4 is 0 Å². The van der Waals surface area contributed by atoms with Crippen LogP contribution in [-0.2, 0) is 20.7 Å². The predicted molar refractivity (Wildman–Crippen MR) is 80.6 cm³/mol. The van der Waals surface area contributed by atoms with Crippen molar-refractivity contribution >= 4 is 22.8 Å². The maximum Gasteiger partial charge on any atom is 0.328 e. The van der Waals surface area contributed by atoms with Crippen LogP contribution in [0.5, 0.6) is 0 Å². The first-order valence-corrected chi connectivity index (χ1v) is 7.31. The average Bonchev–Trinajstić information content (AvgIpc) is 3.00. The monoisotopic (exact) mass is 302 g/mol. The molecule has 2 heterocycles. The van der Waals surface area contributed by atoms with Gasteiger partial charge in [0.2, 0.25) is 5.91 Å². The van der Waals surface area contributed by atoms with E-state index in [9.17, 15) is 9.59 Å². The number of aromatic amines is 1. The molecule has 3 rings (SSSR count). The van der Waals surface area contributed by atoms with Gasteiger partial charge in [-0.2, -0.15) is 0 Å². The highest BCUT2D eigenvalue weighted by molar-refractivity contribution is 5.84. The number of carboxylic acids is 1. The topological polar surface area (TPSA) is 82.6 Å². The van der Waals surface area contributed by atoms with E-state index < -0.39 is 12.0 Å². The molecular formula is C16H18N2O4. The SMILES string of the molecule is O=C(O)C1COCCN1C(=O)CCc1ccc2[nH]ccc2c1. The van der Waals surface area contributed by atoms with Crippen molar-refractivity contribution in [2.45, 2.75) is 18.9 Å². The van der Waals surface area contributed by atoms with Crippen LogP contribution in [0.4, 0.5) is 0 Å². The van der Waals surface area contributed by atoms with E-state index in [1.54, 1.807) is 0 Å². The Labute approximate surface area is 127 Å². The number of H-pyrrole nitrogens is 1. The molecule has 0 aliphatic carbocycles. The fourth-order valence-corrected chi connectivity index (χ4v) is 2.76. The van der Waals surface area contributed by atoms with Crippen molar-refractivity contribution in [2.24, 2.45) is 0 Å². The van der Waals surface area contributed by atoms with Crippen LogP contribution in [-0.4, -0.2) is 52.7 Å². The van der Waals surface area contributed by atoms with E-state index in [2.05, 4.69) is 4.98 Å². The summed E-state index contributed by atoms with van der Waals surface area (Å²) in [7, 11) is 0. The maximum atomic E-state index is 12.3. The smallest absolute Gasteiger partial charge is 0.328 e. The number of carbonyl (C=O) groups is 2. The number of fused-ring (bicyclic) bond motifs is 1. The van der Waals surface area contributed by atoms with Gasteiger partial charge < -0.3 is 19.7 Å². The van der Waals surface area contributed by atoms with Gasteiger partial charge in [0.05, 0.1) is 13.2 Å². The molecule has 0 bridgehead atoms. The van der Waals surface area contributed by atoms with Gasteiger partial charge in [-0.1, -0.05) is 6.07 Å². The highest BCUT2D eigenvalue weighted by Crippen LogP contribution is 2.16. The van der Waals surface area contributed by atoms with Crippen LogP contribution >= 0.6 is 0 Å². The Kier molecular flexibility index (Phi) is 4.11. The summed E-state index contributed by atoms with van der Waals surface area (Å²) in [4.78, 5) is 28.0. The van der Waals surface area contributed by atoms with Gasteiger partial charge in [-0.15, -0.1) is 0 Å². The van der Waals surface area contributed by atoms with E-state index in [1.807, 2.05) is 30.5 Å². The lowest BCUT2D eigenvalue weighted by Gasteiger charge is -2.32. The first-order chi connectivity index (χ1) is 10.6. The number of carboxylic acid groups (broad SMARTS) is 1. The summed E-state index contributed by atoms with van der Waals surface area (Å²) in [6.07, 6.45) is 2.79. The van der Waals surface area contributed by atoms with Gasteiger partial charge in [-0.25, -0.2) is 4.79 Å². The third-order valence-electron chi connectivity index (χ3n) is 3.98. The number of nitrogens with one attached hydrogen (secondary N) is 1. The van der Waals surface area contributed by atoms with Crippen LogP contribution in [0.25, 0.3) is 10.9 Å². The molecule has 2 aromatic rings. The van der Waals surface area contributed by atoms with Gasteiger partial charge >= 0.3 is 5.97 Å². The highest BCUT2D eigenvalue weighted by Gasteiger charge is 2.32. The Balaban J connectivity index is 1.64. The number of aliphatic carboxylic acids is 1. The Morgan fingerprint density at radius 2 is 2.23 bits per heavy atom. The molecule has 1 aromatic carbocycles. The number of nitrogens with zero attached hydrogens (tertiary/aromatic N) is 1. The second-order valence-electron chi connectivity index (χ2n) is 5.42. The first-order valence-electron chi connectivity index (χ1n) is 7.31. The molecule has 1 amide bonds. The minimum Gasteiger partial charge on any atom is -0.480 e. The summed E-state index contributed by atoms with van der Waals surface area (Å²) in [5.74, 6) is -1.15. The van der Waals surface area contributed by atoms with Gasteiger partial charge in [0.25, 0.3) is 0 Å². The van der Waals surface area contributed by atoms with Gasteiger partial charge in [0, 0.05) is 24.7 Å². The molecule has 22 heavy (non-hydrogen) atoms. The standard InChI is InChI=1S/C16H18N2O4/c19-15(18-7-8-22-10-14(18)16(20)21)4-2-11-1-3-13-12(9-11)5-6-17-13/h1,3,5-6,9,14,17H,2,4,7-8,10H2,(H,20,21). The normalized spacial score (nSPS) is 18.5. The minimum absolute atomic E-state index is 0.0659. The van der Waals surface area contributed by atoms with Crippen molar-refractivity contribution in [1.29, 1.82) is 0 Å². The quantitative estimate of drug-likeness (QED) is 0.894. The number of morpholine rings is 1. The number of hydrogen-bond acceptors (Lipinski definition) is 3. The molecule has 116 valence electrons. The number of benzene rings is 1. The lowest BCUT2D eigenvalue weighted by atomic mass is 10.1. The van der Waals surface area contributed by atoms with Crippen LogP contribution in [0.1, 0.15) is 12.0 Å². The Morgan fingerprint density at radius 3 is 3.05 bits per heavy atom. The van der Waals surface area contributed by atoms with E-state index in [0.717, 1.165) is 16.5 Å². The summed E-state index contributed by atoms with van der Waals surface area (Å²) in [5, 5.41) is 10.3. The van der Waals surface area contributed by atoms with Crippen LogP contribution in [0, 0.1) is 0 Å². The number of rotatable bonds is 4. The molecule has 2 N–H and O–H groups in total. The number of ether oxygens (including phenoxy) is 1. The van der Waals surface area contributed by atoms with E-state index in [0.29, 0.717) is 26.0 Å². The predicted octanol–water partition coefficient (Wildman–Crippen LogP) is 1.41. The van der Waals surface area contributed by atoms with Crippen LogP contribution in [0.2, 0.25) is 0 Å². The number of aromatic nitrogens is 1. The molecule has 1 aromatic heterocycles. The Bertz CT molecular complexity index is 694. The molecule has 1 aliphatic heterocycles. The molecule has 6 nitrogen and oxygen atoms in total. The molecular weight excluding hydrogens is 284 g/mol. The zero-order valence-corrected chi connectivity index (χ0v) is 12.1. The van der Waals surface area contributed by atoms with E-state index in [1.165, 1.54) is 4.90 Å². The summed E-state index contributed by atoms with van der Waals surface area (Å²) in [6, 6.07) is 7.15. The van der Waals surface area contributed by atoms with Gasteiger partial charge in [-0.05, 0) is 35.6 Å². The molecule has 6 heteroatoms. The molecule has 0 saturated carbocycles. The van der Waals surface area contributed by atoms with Crippen LogP contribution in [0.15, 0.2) is 30.5 Å². The fourth-order valence-electron chi connectivity index (χ4n) is 2.76. The minimum atomic E-state index is -1.01. The van der Waals surface area contributed by atoms with Gasteiger partial charge in [-0.3, -0.25) is 4.79 Å². The van der Waals surface area contributed by atoms with E-state index >= 15 is 0 Å². The Morgan fingerprint density at radius 1 is 1.36 bits per heavy atom. The number of hydrogen-bond donors (Lipinski definition) is 2. The largest absolute Gasteiger partial charge is 0.480 e. The summed E-state index contributed by atoms with van der Waals surface area (Å²) >= 11 is 0. The summed E-state index contributed by atoms with van der Waals surface area (Å²) in [6.45, 7) is 0.799. The average molecular weight is 302 g/mol. The van der Waals surface area contributed by atoms with Gasteiger partial charge in [0.15, 0.2) is 6.04 Å². The number of amides is 1. The van der Waals surface area contributed by atoms with Crippen molar-refractivity contribution in [3.8, 4) is 0 Å². The van der Waals surface area contributed by atoms with Crippen molar-refractivity contribution in [1.82, 2.24) is 9.88 Å². The Hall–Kier alpha value is -2.34. The second-order valence-corrected chi connectivity index (χ2v) is 5.42. The first kappa shape index (κ1) is 14.6. The van der Waals surface area contributed by atoms with Crippen molar-refractivity contribution in [3.63, 3.8) is 0 Å². The molecule has 1 unspecified atom stereocenters. The fraction of sp³-hybridized carbons (Fsp3) is 0.375. The summed E-state index contributed by atoms with van der Waals surface area (Å²) in [5.41, 5.74) is 2.13. The lowest BCUT2D eigenvalue weighted by Crippen LogP contribution is -2.52. The molecule has 1 aliphatic rings. The molecule has 1 atom stereocenters. The lowest BCUT2D eigenvalue weighted by molar-refractivity contribution is -0.158. The van der Waals surface area contributed by atoms with Crippen molar-refractivity contribution in [2.75, 3.05) is 19.8 Å². The number of aryl methyl sites for hydroxylation is 1.